The number of carboxylic acids is 1. The fraction of sp³-hybridized carbons (Fsp3) is 0.273. The van der Waals surface area contributed by atoms with Crippen LogP contribution in [-0.4, -0.2) is 44.6 Å². The minimum Gasteiger partial charge on any atom is -0.480 e. The third-order valence-corrected chi connectivity index (χ3v) is 6.31. The van der Waals surface area contributed by atoms with Gasteiger partial charge in [-0.15, -0.1) is 0 Å². The molecule has 5 unspecified atom stereocenters. The van der Waals surface area contributed by atoms with Crippen molar-refractivity contribution in [1.29, 1.82) is 5.26 Å². The molecule has 5 atom stereocenters. The molecule has 3 N–H and O–H groups in total. The van der Waals surface area contributed by atoms with Crippen LogP contribution in [0.1, 0.15) is 24.1 Å². The lowest BCUT2D eigenvalue weighted by Gasteiger charge is -2.33. The highest BCUT2D eigenvalue weighted by Crippen LogP contribution is 2.51. The largest absolute Gasteiger partial charge is 0.480 e. The van der Waals surface area contributed by atoms with Crippen molar-refractivity contribution in [1.82, 2.24) is 5.32 Å². The van der Waals surface area contributed by atoms with Crippen molar-refractivity contribution in [3.05, 3.63) is 69.8 Å². The number of hydrogen-bond acceptors (Lipinski definition) is 8. The summed E-state index contributed by atoms with van der Waals surface area (Å²) in [6.07, 6.45) is -1.56. The van der Waals surface area contributed by atoms with Crippen molar-refractivity contribution >= 4 is 29.2 Å². The zero-order valence-electron chi connectivity index (χ0n) is 17.2. The Labute approximate surface area is 187 Å². The Hall–Kier alpha value is -4.14. The van der Waals surface area contributed by atoms with Gasteiger partial charge in [0.15, 0.2) is 5.54 Å². The van der Waals surface area contributed by atoms with Crippen molar-refractivity contribution in [3.8, 4) is 6.07 Å². The molecule has 2 saturated heterocycles. The molecule has 0 aliphatic carbocycles. The van der Waals surface area contributed by atoms with Gasteiger partial charge in [-0.25, -0.2) is 4.90 Å². The maximum Gasteiger partial charge on any atom is 0.327 e. The van der Waals surface area contributed by atoms with Crippen molar-refractivity contribution < 1.29 is 29.5 Å². The van der Waals surface area contributed by atoms with Crippen LogP contribution in [0.25, 0.3) is 0 Å². The fourth-order valence-electron chi connectivity index (χ4n) is 4.75. The van der Waals surface area contributed by atoms with E-state index in [-0.39, 0.29) is 11.4 Å². The molecule has 2 fully saturated rings. The third kappa shape index (κ3) is 3.15. The van der Waals surface area contributed by atoms with Gasteiger partial charge in [0.1, 0.15) is 0 Å². The van der Waals surface area contributed by atoms with E-state index in [9.17, 15) is 34.7 Å². The Balaban J connectivity index is 1.87. The van der Waals surface area contributed by atoms with Crippen molar-refractivity contribution in [2.24, 2.45) is 11.8 Å². The van der Waals surface area contributed by atoms with E-state index in [0.29, 0.717) is 11.1 Å². The number of carbonyl (C=O) groups is 3. The number of rotatable bonds is 5. The SMILES string of the molecule is CC(O)C1(C(=O)O)NC(c2ccc(C#N)cc2)C2C(=O)N(c3cccc([N+](=O)[O-])c3)C(=O)C21. The van der Waals surface area contributed by atoms with Crippen LogP contribution >= 0.6 is 0 Å². The molecule has 2 heterocycles. The van der Waals surface area contributed by atoms with E-state index in [2.05, 4.69) is 5.32 Å². The minimum atomic E-state index is -2.18. The van der Waals surface area contributed by atoms with E-state index in [1.807, 2.05) is 6.07 Å². The van der Waals surface area contributed by atoms with Crippen molar-refractivity contribution in [2.45, 2.75) is 24.6 Å². The molecule has 11 nitrogen and oxygen atoms in total. The Morgan fingerprint density at radius 3 is 2.45 bits per heavy atom. The summed E-state index contributed by atoms with van der Waals surface area (Å²) in [4.78, 5) is 50.6. The van der Waals surface area contributed by atoms with Crippen LogP contribution in [0, 0.1) is 33.3 Å². The number of anilines is 1. The van der Waals surface area contributed by atoms with Gasteiger partial charge in [-0.05, 0) is 30.7 Å². The van der Waals surface area contributed by atoms with E-state index >= 15 is 0 Å². The molecule has 4 rings (SSSR count). The Morgan fingerprint density at radius 1 is 1.24 bits per heavy atom. The first-order chi connectivity index (χ1) is 15.6. The number of aliphatic carboxylic acids is 1. The van der Waals surface area contributed by atoms with Crippen LogP contribution in [0.2, 0.25) is 0 Å². The van der Waals surface area contributed by atoms with Gasteiger partial charge in [-0.1, -0.05) is 18.2 Å². The summed E-state index contributed by atoms with van der Waals surface area (Å²) in [5.74, 6) is -5.79. The Morgan fingerprint density at radius 2 is 1.91 bits per heavy atom. The van der Waals surface area contributed by atoms with E-state index in [4.69, 9.17) is 5.26 Å². The van der Waals surface area contributed by atoms with Crippen LogP contribution in [0.5, 0.6) is 0 Å². The molecular formula is C22H18N4O7. The number of carbonyl (C=O) groups excluding carboxylic acids is 2. The molecule has 2 aliphatic rings. The van der Waals surface area contributed by atoms with Gasteiger partial charge in [0, 0.05) is 18.2 Å². The normalized spacial score (nSPS) is 27.2. The average molecular weight is 450 g/mol. The number of benzene rings is 2. The lowest BCUT2D eigenvalue weighted by molar-refractivity contribution is -0.384. The van der Waals surface area contributed by atoms with Gasteiger partial charge in [0.2, 0.25) is 11.8 Å². The van der Waals surface area contributed by atoms with Crippen LogP contribution in [-0.2, 0) is 14.4 Å². The molecule has 0 saturated carbocycles. The predicted octanol–water partition coefficient (Wildman–Crippen LogP) is 1.12. The number of hydrogen-bond donors (Lipinski definition) is 3. The number of nitriles is 1. The summed E-state index contributed by atoms with van der Waals surface area (Å²) < 4.78 is 0. The van der Waals surface area contributed by atoms with Gasteiger partial charge in [-0.2, -0.15) is 5.26 Å². The highest BCUT2D eigenvalue weighted by atomic mass is 16.6. The van der Waals surface area contributed by atoms with E-state index in [0.717, 1.165) is 11.0 Å². The summed E-state index contributed by atoms with van der Waals surface area (Å²) in [6.45, 7) is 1.22. The van der Waals surface area contributed by atoms with Crippen LogP contribution in [0.4, 0.5) is 11.4 Å². The second-order valence-electron chi connectivity index (χ2n) is 8.00. The molecule has 168 valence electrons. The van der Waals surface area contributed by atoms with Gasteiger partial charge >= 0.3 is 5.97 Å². The van der Waals surface area contributed by atoms with Crippen LogP contribution < -0.4 is 10.2 Å². The average Bonchev–Trinajstić information content (AvgIpc) is 3.28. The number of fused-ring (bicyclic) bond motifs is 1. The Kier molecular flexibility index (Phi) is 5.20. The third-order valence-electron chi connectivity index (χ3n) is 6.31. The predicted molar refractivity (Wildman–Crippen MR) is 112 cm³/mol. The minimum absolute atomic E-state index is 0.0583. The Bertz CT molecular complexity index is 1220. The number of nitro benzene ring substituents is 1. The lowest BCUT2D eigenvalue weighted by Crippen LogP contribution is -2.62. The van der Waals surface area contributed by atoms with Crippen molar-refractivity contribution in [3.63, 3.8) is 0 Å². The highest BCUT2D eigenvalue weighted by molar-refractivity contribution is 6.24. The number of nitro groups is 1. The number of amides is 2. The molecule has 0 radical (unpaired) electrons. The van der Waals surface area contributed by atoms with Gasteiger partial charge in [0.25, 0.3) is 5.69 Å². The smallest absolute Gasteiger partial charge is 0.327 e. The molecule has 2 aromatic rings. The van der Waals surface area contributed by atoms with Gasteiger partial charge < -0.3 is 10.2 Å². The molecular weight excluding hydrogens is 432 g/mol. The second-order valence-corrected chi connectivity index (χ2v) is 8.00. The second kappa shape index (κ2) is 7.77. The highest BCUT2D eigenvalue weighted by Gasteiger charge is 2.70. The number of aliphatic hydroxyl groups excluding tert-OH is 1. The monoisotopic (exact) mass is 450 g/mol. The maximum atomic E-state index is 13.5. The summed E-state index contributed by atoms with van der Waals surface area (Å²) in [5, 5.41) is 43.6. The molecule has 33 heavy (non-hydrogen) atoms. The fourth-order valence-corrected chi connectivity index (χ4v) is 4.75. The molecule has 11 heteroatoms. The number of non-ortho nitro benzene ring substituents is 1. The first kappa shape index (κ1) is 22.1. The number of carboxylic acid groups (broad SMARTS) is 1. The van der Waals surface area contributed by atoms with Crippen LogP contribution in [0.15, 0.2) is 48.5 Å². The molecule has 0 aromatic heterocycles. The van der Waals surface area contributed by atoms with Gasteiger partial charge in [-0.3, -0.25) is 29.8 Å². The van der Waals surface area contributed by atoms with Crippen LogP contribution in [0.3, 0.4) is 0 Å². The van der Waals surface area contributed by atoms with E-state index in [1.54, 1.807) is 12.1 Å². The zero-order valence-corrected chi connectivity index (χ0v) is 17.2. The molecule has 2 aliphatic heterocycles. The van der Waals surface area contributed by atoms with E-state index < -0.39 is 52.2 Å². The topological polar surface area (TPSA) is 174 Å². The van der Waals surface area contributed by atoms with E-state index in [1.165, 1.54) is 37.3 Å². The number of nitrogens with zero attached hydrogens (tertiary/aromatic N) is 3. The number of nitrogens with one attached hydrogen (secondary N) is 1. The molecule has 2 aromatic carbocycles. The summed E-state index contributed by atoms with van der Waals surface area (Å²) in [7, 11) is 0. The van der Waals surface area contributed by atoms with Crippen molar-refractivity contribution in [2.75, 3.05) is 4.90 Å². The lowest BCUT2D eigenvalue weighted by atomic mass is 9.76. The maximum absolute atomic E-state index is 13.5. The van der Waals surface area contributed by atoms with Gasteiger partial charge in [0.05, 0.1) is 40.2 Å². The molecule has 0 bridgehead atoms. The number of aliphatic hydroxyl groups is 1. The molecule has 2 amide bonds. The first-order valence-electron chi connectivity index (χ1n) is 9.95. The summed E-state index contributed by atoms with van der Waals surface area (Å²) in [6, 6.07) is 12.0. The molecule has 0 spiro atoms. The quantitative estimate of drug-likeness (QED) is 0.342. The summed E-state index contributed by atoms with van der Waals surface area (Å²) >= 11 is 0. The standard InChI is InChI=1S/C22H18N4O7/c1-11(27)22(21(30)31)17-16(18(24-22)13-7-5-12(10-23)6-8-13)19(28)25(20(17)29)14-3-2-4-15(9-14)26(32)33/h2-9,11,16-18,24,27H,1H3,(H,30,31). The number of imide groups is 1. The summed E-state index contributed by atoms with van der Waals surface area (Å²) in [5.41, 5.74) is -1.77. The zero-order chi connectivity index (χ0) is 24.1. The first-order valence-corrected chi connectivity index (χ1v) is 9.95.